The normalized spacial score (nSPS) is 13.5. The van der Waals surface area contributed by atoms with Gasteiger partial charge in [0, 0.05) is 5.56 Å². The summed E-state index contributed by atoms with van der Waals surface area (Å²) in [5, 5.41) is 8.87. The van der Waals surface area contributed by atoms with Gasteiger partial charge in [0.25, 0.3) is 0 Å². The number of aldehydes is 1. The molecule has 0 aliphatic rings. The van der Waals surface area contributed by atoms with Crippen LogP contribution in [0.2, 0.25) is 0 Å². The predicted molar refractivity (Wildman–Crippen MR) is 70.3 cm³/mol. The topological polar surface area (TPSA) is 37.3 Å². The first kappa shape index (κ1) is 13.7. The maximum atomic E-state index is 10.5. The average Bonchev–Trinajstić information content (AvgIpc) is 2.38. The van der Waals surface area contributed by atoms with Gasteiger partial charge < -0.3 is 5.11 Å². The van der Waals surface area contributed by atoms with E-state index in [1.807, 2.05) is 31.2 Å². The Morgan fingerprint density at radius 3 is 2.53 bits per heavy atom. The van der Waals surface area contributed by atoms with Crippen LogP contribution in [0.25, 0.3) is 0 Å². The van der Waals surface area contributed by atoms with Gasteiger partial charge in [-0.05, 0) is 31.2 Å². The predicted octanol–water partition coefficient (Wildman–Crippen LogP) is 3.32. The lowest BCUT2D eigenvalue weighted by Gasteiger charge is -2.10. The van der Waals surface area contributed by atoms with E-state index in [1.165, 1.54) is 5.56 Å². The van der Waals surface area contributed by atoms with Crippen LogP contribution in [0.5, 0.6) is 0 Å². The maximum Gasteiger partial charge on any atom is 0.150 e. The molecule has 0 amide bonds. The van der Waals surface area contributed by atoms with E-state index in [1.54, 1.807) is 0 Å². The molecule has 0 saturated heterocycles. The van der Waals surface area contributed by atoms with Crippen LogP contribution in [0, 0.1) is 0 Å². The Kier molecular flexibility index (Phi) is 5.64. The molecule has 1 aromatic carbocycles. The van der Waals surface area contributed by atoms with Crippen LogP contribution in [0.15, 0.2) is 35.9 Å². The second-order valence-corrected chi connectivity index (χ2v) is 4.47. The molecule has 1 rings (SSSR count). The zero-order valence-corrected chi connectivity index (χ0v) is 10.5. The molecule has 1 aromatic rings. The van der Waals surface area contributed by atoms with Crippen LogP contribution in [0.4, 0.5) is 0 Å². The van der Waals surface area contributed by atoms with Crippen LogP contribution < -0.4 is 0 Å². The first-order valence-corrected chi connectivity index (χ1v) is 5.99. The third kappa shape index (κ3) is 4.53. The molecule has 0 saturated carbocycles. The summed E-state index contributed by atoms with van der Waals surface area (Å²) in [6.45, 7) is 4.25. The summed E-state index contributed by atoms with van der Waals surface area (Å²) in [5.74, 6) is 0.471. The van der Waals surface area contributed by atoms with Crippen molar-refractivity contribution in [3.63, 3.8) is 0 Å². The highest BCUT2D eigenvalue weighted by Crippen LogP contribution is 2.21. The van der Waals surface area contributed by atoms with Crippen molar-refractivity contribution in [3.8, 4) is 0 Å². The van der Waals surface area contributed by atoms with Crippen molar-refractivity contribution in [2.75, 3.05) is 6.61 Å². The van der Waals surface area contributed by atoms with Crippen molar-refractivity contribution in [1.82, 2.24) is 0 Å². The number of rotatable bonds is 6. The Balaban J connectivity index is 2.51. The maximum absolute atomic E-state index is 10.5. The molecule has 0 aliphatic heterocycles. The molecular weight excluding hydrogens is 212 g/mol. The molecular formula is C15H20O2. The standard InChI is InChI=1S/C15H20O2/c1-12(10-16)4-3-5-13(2)15-8-6-14(11-17)7-9-15/h4,6-9,11,13,16H,3,5,10H2,1-2H3. The molecule has 1 atom stereocenters. The molecule has 92 valence electrons. The number of hydrogen-bond donors (Lipinski definition) is 1. The van der Waals surface area contributed by atoms with Gasteiger partial charge in [-0.1, -0.05) is 42.8 Å². The zero-order valence-electron chi connectivity index (χ0n) is 10.5. The second kappa shape index (κ2) is 7.02. The van der Waals surface area contributed by atoms with Gasteiger partial charge in [-0.3, -0.25) is 4.79 Å². The summed E-state index contributed by atoms with van der Waals surface area (Å²) in [6.07, 6.45) is 4.97. The van der Waals surface area contributed by atoms with Gasteiger partial charge in [0.15, 0.2) is 0 Å². The minimum absolute atomic E-state index is 0.141. The third-order valence-electron chi connectivity index (χ3n) is 2.98. The molecule has 1 N–H and O–H groups in total. The molecule has 17 heavy (non-hydrogen) atoms. The number of carbonyl (C=O) groups is 1. The van der Waals surface area contributed by atoms with Gasteiger partial charge in [0.2, 0.25) is 0 Å². The van der Waals surface area contributed by atoms with Crippen molar-refractivity contribution in [3.05, 3.63) is 47.0 Å². The number of carbonyl (C=O) groups excluding carboxylic acids is 1. The van der Waals surface area contributed by atoms with E-state index < -0.39 is 0 Å². The largest absolute Gasteiger partial charge is 0.392 e. The van der Waals surface area contributed by atoms with Crippen LogP contribution >= 0.6 is 0 Å². The summed E-state index contributed by atoms with van der Waals surface area (Å²) in [4.78, 5) is 10.5. The lowest BCUT2D eigenvalue weighted by atomic mass is 9.95. The van der Waals surface area contributed by atoms with E-state index in [9.17, 15) is 4.79 Å². The fourth-order valence-electron chi connectivity index (χ4n) is 1.71. The molecule has 0 aromatic heterocycles. The third-order valence-corrected chi connectivity index (χ3v) is 2.98. The van der Waals surface area contributed by atoms with E-state index in [-0.39, 0.29) is 6.61 Å². The highest BCUT2D eigenvalue weighted by molar-refractivity contribution is 5.74. The van der Waals surface area contributed by atoms with Crippen LogP contribution in [-0.2, 0) is 0 Å². The Hall–Kier alpha value is -1.41. The summed E-state index contributed by atoms with van der Waals surface area (Å²) in [6, 6.07) is 7.73. The minimum atomic E-state index is 0.141. The summed E-state index contributed by atoms with van der Waals surface area (Å²) in [5.41, 5.74) is 3.00. The number of aliphatic hydroxyl groups is 1. The highest BCUT2D eigenvalue weighted by atomic mass is 16.3. The molecule has 0 heterocycles. The number of allylic oxidation sites excluding steroid dienone is 1. The van der Waals surface area contributed by atoms with Crippen molar-refractivity contribution < 1.29 is 9.90 Å². The first-order chi connectivity index (χ1) is 8.17. The van der Waals surface area contributed by atoms with Gasteiger partial charge >= 0.3 is 0 Å². The monoisotopic (exact) mass is 232 g/mol. The summed E-state index contributed by atoms with van der Waals surface area (Å²) < 4.78 is 0. The van der Waals surface area contributed by atoms with Crippen molar-refractivity contribution in [2.45, 2.75) is 32.6 Å². The molecule has 0 aliphatic carbocycles. The first-order valence-electron chi connectivity index (χ1n) is 5.99. The van der Waals surface area contributed by atoms with Crippen molar-refractivity contribution in [1.29, 1.82) is 0 Å². The van der Waals surface area contributed by atoms with E-state index in [2.05, 4.69) is 13.0 Å². The van der Waals surface area contributed by atoms with Crippen LogP contribution in [-0.4, -0.2) is 18.0 Å². The summed E-state index contributed by atoms with van der Waals surface area (Å²) in [7, 11) is 0. The molecule has 0 spiro atoms. The fourth-order valence-corrected chi connectivity index (χ4v) is 1.71. The lowest BCUT2D eigenvalue weighted by Crippen LogP contribution is -1.94. The van der Waals surface area contributed by atoms with Crippen molar-refractivity contribution >= 4 is 6.29 Å². The molecule has 2 nitrogen and oxygen atoms in total. The van der Waals surface area contributed by atoms with Gasteiger partial charge in [-0.15, -0.1) is 0 Å². The zero-order chi connectivity index (χ0) is 12.7. The van der Waals surface area contributed by atoms with Gasteiger partial charge in [-0.2, -0.15) is 0 Å². The quantitative estimate of drug-likeness (QED) is 0.603. The van der Waals surface area contributed by atoms with E-state index in [4.69, 9.17) is 5.11 Å². The minimum Gasteiger partial charge on any atom is -0.392 e. The molecule has 0 fully saturated rings. The second-order valence-electron chi connectivity index (χ2n) is 4.47. The average molecular weight is 232 g/mol. The Morgan fingerprint density at radius 1 is 1.35 bits per heavy atom. The van der Waals surface area contributed by atoms with E-state index >= 15 is 0 Å². The Morgan fingerprint density at radius 2 is 2.00 bits per heavy atom. The Bertz CT molecular complexity index is 376. The molecule has 1 unspecified atom stereocenters. The van der Waals surface area contributed by atoms with Gasteiger partial charge in [-0.25, -0.2) is 0 Å². The Labute approximate surface area is 103 Å². The SMILES string of the molecule is CC(=CCCC(C)c1ccc(C=O)cc1)CO. The lowest BCUT2D eigenvalue weighted by molar-refractivity contribution is 0.112. The molecule has 0 bridgehead atoms. The van der Waals surface area contributed by atoms with Crippen molar-refractivity contribution in [2.24, 2.45) is 0 Å². The van der Waals surface area contributed by atoms with Crippen LogP contribution in [0.3, 0.4) is 0 Å². The van der Waals surface area contributed by atoms with Gasteiger partial charge in [0.1, 0.15) is 6.29 Å². The number of aliphatic hydroxyl groups excluding tert-OH is 1. The number of benzene rings is 1. The smallest absolute Gasteiger partial charge is 0.150 e. The fraction of sp³-hybridized carbons (Fsp3) is 0.400. The number of hydrogen-bond acceptors (Lipinski definition) is 2. The molecule has 0 radical (unpaired) electrons. The summed E-state index contributed by atoms with van der Waals surface area (Å²) >= 11 is 0. The molecule has 2 heteroatoms. The highest BCUT2D eigenvalue weighted by Gasteiger charge is 2.04. The van der Waals surface area contributed by atoms with E-state index in [0.29, 0.717) is 5.92 Å². The van der Waals surface area contributed by atoms with Crippen LogP contribution in [0.1, 0.15) is 48.5 Å². The van der Waals surface area contributed by atoms with Gasteiger partial charge in [0.05, 0.1) is 6.61 Å². The van der Waals surface area contributed by atoms with E-state index in [0.717, 1.165) is 30.3 Å².